The number of nitrogens with zero attached hydrogens (tertiary/aromatic N) is 3. The maximum Gasteiger partial charge on any atom is 0.189 e. The lowest BCUT2D eigenvalue weighted by Crippen LogP contribution is -2.05. The molecule has 2 heterocycles. The first-order chi connectivity index (χ1) is 13.1. The zero-order valence-electron chi connectivity index (χ0n) is 14.9. The topological polar surface area (TPSA) is 98.0 Å². The molecule has 0 radical (unpaired) electrons. The van der Waals surface area contributed by atoms with Crippen LogP contribution in [0.15, 0.2) is 48.8 Å². The molecule has 0 saturated heterocycles. The van der Waals surface area contributed by atoms with Gasteiger partial charge in [-0.05, 0) is 36.8 Å². The van der Waals surface area contributed by atoms with Gasteiger partial charge in [0.25, 0.3) is 0 Å². The lowest BCUT2D eigenvalue weighted by Gasteiger charge is -2.14. The normalized spacial score (nSPS) is 10.7. The summed E-state index contributed by atoms with van der Waals surface area (Å²) in [6.45, 7) is 2.01. The van der Waals surface area contributed by atoms with Crippen molar-refractivity contribution >= 4 is 49.7 Å². The molecule has 136 valence electrons. The Kier molecular flexibility index (Phi) is 4.47. The van der Waals surface area contributed by atoms with Crippen molar-refractivity contribution in [2.24, 2.45) is 0 Å². The molecule has 0 saturated carbocycles. The zero-order chi connectivity index (χ0) is 18.8. The third-order valence-corrected chi connectivity index (χ3v) is 4.96. The highest BCUT2D eigenvalue weighted by atomic mass is 32.1. The van der Waals surface area contributed by atoms with Crippen molar-refractivity contribution in [1.29, 1.82) is 0 Å². The van der Waals surface area contributed by atoms with Crippen molar-refractivity contribution in [3.05, 3.63) is 54.4 Å². The monoisotopic (exact) mass is 378 g/mol. The third kappa shape index (κ3) is 3.47. The molecule has 27 heavy (non-hydrogen) atoms. The van der Waals surface area contributed by atoms with Gasteiger partial charge in [-0.25, -0.2) is 15.0 Å². The Bertz CT molecular complexity index is 1080. The minimum absolute atomic E-state index is 0.403. The molecule has 2 aromatic carbocycles. The van der Waals surface area contributed by atoms with Gasteiger partial charge in [-0.1, -0.05) is 29.5 Å². The summed E-state index contributed by atoms with van der Waals surface area (Å²) in [5.41, 5.74) is 9.50. The fourth-order valence-electron chi connectivity index (χ4n) is 2.67. The first-order valence-electron chi connectivity index (χ1n) is 8.29. The van der Waals surface area contributed by atoms with Gasteiger partial charge in [0.2, 0.25) is 0 Å². The van der Waals surface area contributed by atoms with Crippen LogP contribution in [0.1, 0.15) is 5.56 Å². The number of methoxy groups -OCH3 is 1. The smallest absolute Gasteiger partial charge is 0.189 e. The van der Waals surface area contributed by atoms with E-state index >= 15 is 0 Å². The first-order valence-corrected chi connectivity index (χ1v) is 9.10. The van der Waals surface area contributed by atoms with Gasteiger partial charge in [-0.3, -0.25) is 0 Å². The van der Waals surface area contributed by atoms with Crippen LogP contribution in [0.25, 0.3) is 10.2 Å². The molecular formula is C19H18N6OS. The Morgan fingerprint density at radius 2 is 1.81 bits per heavy atom. The molecular weight excluding hydrogens is 360 g/mol. The molecule has 0 atom stereocenters. The number of anilines is 5. The number of nitrogen functional groups attached to an aromatic ring is 1. The van der Waals surface area contributed by atoms with Crippen molar-refractivity contribution in [3.63, 3.8) is 0 Å². The Labute approximate surface area is 160 Å². The standard InChI is InChI=1S/C19H18N6OS/c1-11-7-8-14(26-2)13(9-11)23-17-16(20)18(22-10-21-17)25-19-24-12-5-3-4-6-15(12)27-19/h3-10H,20H2,1-2H3,(H2,21,22,23,24,25). The van der Waals surface area contributed by atoms with Crippen molar-refractivity contribution in [2.75, 3.05) is 23.5 Å². The van der Waals surface area contributed by atoms with E-state index in [0.717, 1.165) is 26.6 Å². The van der Waals surface area contributed by atoms with E-state index in [1.54, 1.807) is 18.4 Å². The molecule has 4 N–H and O–H groups in total. The maximum absolute atomic E-state index is 6.29. The fourth-order valence-corrected chi connectivity index (χ4v) is 3.53. The molecule has 4 rings (SSSR count). The van der Waals surface area contributed by atoms with Crippen molar-refractivity contribution in [2.45, 2.75) is 6.92 Å². The number of nitrogens with two attached hydrogens (primary N) is 1. The average molecular weight is 378 g/mol. The number of aryl methyl sites for hydroxylation is 1. The molecule has 0 amide bonds. The zero-order valence-corrected chi connectivity index (χ0v) is 15.7. The maximum atomic E-state index is 6.29. The highest BCUT2D eigenvalue weighted by Gasteiger charge is 2.13. The predicted molar refractivity (Wildman–Crippen MR) is 110 cm³/mol. The van der Waals surface area contributed by atoms with Gasteiger partial charge in [-0.15, -0.1) is 0 Å². The number of thiazole rings is 1. The number of para-hydroxylation sites is 1. The lowest BCUT2D eigenvalue weighted by molar-refractivity contribution is 0.416. The molecule has 0 unspecified atom stereocenters. The van der Waals surface area contributed by atoms with Gasteiger partial charge in [-0.2, -0.15) is 0 Å². The quantitative estimate of drug-likeness (QED) is 0.471. The summed E-state index contributed by atoms with van der Waals surface area (Å²) in [6, 6.07) is 13.8. The summed E-state index contributed by atoms with van der Waals surface area (Å²) in [5.74, 6) is 1.70. The van der Waals surface area contributed by atoms with Crippen LogP contribution in [0, 0.1) is 6.92 Å². The second kappa shape index (κ2) is 7.08. The molecule has 0 bridgehead atoms. The van der Waals surface area contributed by atoms with Crippen LogP contribution in [0.4, 0.5) is 28.1 Å². The van der Waals surface area contributed by atoms with Crippen LogP contribution in [0.2, 0.25) is 0 Å². The number of hydrogen-bond donors (Lipinski definition) is 3. The van der Waals surface area contributed by atoms with Crippen molar-refractivity contribution < 1.29 is 4.74 Å². The van der Waals surface area contributed by atoms with Gasteiger partial charge in [0.1, 0.15) is 17.8 Å². The predicted octanol–water partition coefficient (Wildman–Crippen LogP) is 4.47. The molecule has 0 fully saturated rings. The lowest BCUT2D eigenvalue weighted by atomic mass is 10.2. The average Bonchev–Trinajstić information content (AvgIpc) is 3.07. The molecule has 2 aromatic heterocycles. The Morgan fingerprint density at radius 3 is 2.59 bits per heavy atom. The number of aromatic nitrogens is 3. The second-order valence-corrected chi connectivity index (χ2v) is 6.96. The van der Waals surface area contributed by atoms with Gasteiger partial charge in [0.15, 0.2) is 16.8 Å². The van der Waals surface area contributed by atoms with Gasteiger partial charge in [0, 0.05) is 0 Å². The molecule has 0 aliphatic carbocycles. The van der Waals surface area contributed by atoms with Gasteiger partial charge < -0.3 is 21.1 Å². The number of ether oxygens (including phenoxy) is 1. The van der Waals surface area contributed by atoms with Crippen molar-refractivity contribution in [1.82, 2.24) is 15.0 Å². The summed E-state index contributed by atoms with van der Waals surface area (Å²) in [7, 11) is 1.62. The minimum atomic E-state index is 0.403. The van der Waals surface area contributed by atoms with Crippen LogP contribution in [-0.2, 0) is 0 Å². The summed E-state index contributed by atoms with van der Waals surface area (Å²) in [5, 5.41) is 7.14. The SMILES string of the molecule is COc1ccc(C)cc1Nc1ncnc(Nc2nc3ccccc3s2)c1N. The Balaban J connectivity index is 1.64. The molecule has 4 aromatic rings. The third-order valence-electron chi connectivity index (χ3n) is 4.01. The number of nitrogens with one attached hydrogen (secondary N) is 2. The number of hydrogen-bond acceptors (Lipinski definition) is 8. The molecule has 0 spiro atoms. The molecule has 8 heteroatoms. The second-order valence-electron chi connectivity index (χ2n) is 5.93. The molecule has 0 aliphatic heterocycles. The van der Waals surface area contributed by atoms with Crippen molar-refractivity contribution in [3.8, 4) is 5.75 Å². The Morgan fingerprint density at radius 1 is 1.04 bits per heavy atom. The van der Waals surface area contributed by atoms with E-state index in [1.165, 1.54) is 6.33 Å². The Hall–Kier alpha value is -3.39. The van der Waals surface area contributed by atoms with E-state index in [4.69, 9.17) is 10.5 Å². The van der Waals surface area contributed by atoms with Crippen LogP contribution in [0.3, 0.4) is 0 Å². The number of benzene rings is 2. The summed E-state index contributed by atoms with van der Waals surface area (Å²) >= 11 is 1.54. The van der Waals surface area contributed by atoms with Gasteiger partial charge in [0.05, 0.1) is 23.0 Å². The van der Waals surface area contributed by atoms with Gasteiger partial charge >= 0.3 is 0 Å². The summed E-state index contributed by atoms with van der Waals surface area (Å²) < 4.78 is 6.49. The molecule has 7 nitrogen and oxygen atoms in total. The highest BCUT2D eigenvalue weighted by molar-refractivity contribution is 7.22. The largest absolute Gasteiger partial charge is 0.495 e. The van der Waals surface area contributed by atoms with E-state index < -0.39 is 0 Å². The van der Waals surface area contributed by atoms with E-state index in [0.29, 0.717) is 23.1 Å². The van der Waals surface area contributed by atoms with E-state index in [9.17, 15) is 0 Å². The van der Waals surface area contributed by atoms with E-state index in [1.807, 2.05) is 49.4 Å². The highest BCUT2D eigenvalue weighted by Crippen LogP contribution is 2.34. The van der Waals surface area contributed by atoms with Crippen LogP contribution in [0.5, 0.6) is 5.75 Å². The van der Waals surface area contributed by atoms with Crippen LogP contribution >= 0.6 is 11.3 Å². The fraction of sp³-hybridized carbons (Fsp3) is 0.105. The first kappa shape index (κ1) is 17.0. The number of rotatable bonds is 5. The van der Waals surface area contributed by atoms with Crippen LogP contribution in [-0.4, -0.2) is 22.1 Å². The minimum Gasteiger partial charge on any atom is -0.495 e. The number of fused-ring (bicyclic) bond motifs is 1. The summed E-state index contributed by atoms with van der Waals surface area (Å²) in [6.07, 6.45) is 1.45. The van der Waals surface area contributed by atoms with E-state index in [2.05, 4.69) is 25.6 Å². The summed E-state index contributed by atoms with van der Waals surface area (Å²) in [4.78, 5) is 13.1. The van der Waals surface area contributed by atoms with Crippen LogP contribution < -0.4 is 21.1 Å². The molecule has 0 aliphatic rings. The van der Waals surface area contributed by atoms with E-state index in [-0.39, 0.29) is 0 Å².